The fourth-order valence-corrected chi connectivity index (χ4v) is 2.45. The van der Waals surface area contributed by atoms with Crippen LogP contribution in [0.5, 0.6) is 0 Å². The lowest BCUT2D eigenvalue weighted by atomic mass is 9.93. The number of urea groups is 1. The van der Waals surface area contributed by atoms with Gasteiger partial charge in [0.2, 0.25) is 0 Å². The quantitative estimate of drug-likeness (QED) is 0.755. The molecule has 2 rings (SSSR count). The predicted molar refractivity (Wildman–Crippen MR) is 88.9 cm³/mol. The lowest BCUT2D eigenvalue weighted by molar-refractivity contribution is 0.173. The molecule has 0 spiro atoms. The van der Waals surface area contributed by atoms with Gasteiger partial charge >= 0.3 is 6.03 Å². The van der Waals surface area contributed by atoms with Crippen molar-refractivity contribution in [3.8, 4) is 0 Å². The minimum Gasteiger partial charge on any atom is -0.393 e. The lowest BCUT2D eigenvalue weighted by Crippen LogP contribution is -2.33. The van der Waals surface area contributed by atoms with E-state index in [1.807, 2.05) is 30.3 Å². The number of aliphatic hydroxyl groups is 1. The fraction of sp³-hybridized carbons (Fsp3) is 0.278. The highest BCUT2D eigenvalue weighted by molar-refractivity contribution is 5.89. The van der Waals surface area contributed by atoms with Crippen molar-refractivity contribution in [3.63, 3.8) is 0 Å². The lowest BCUT2D eigenvalue weighted by Gasteiger charge is -2.20. The Bertz CT molecular complexity index is 678. The zero-order valence-corrected chi connectivity index (χ0v) is 13.3. The summed E-state index contributed by atoms with van der Waals surface area (Å²) in [5, 5.41) is 14.6. The van der Waals surface area contributed by atoms with Crippen LogP contribution < -0.4 is 10.6 Å². The summed E-state index contributed by atoms with van der Waals surface area (Å²) >= 11 is 0. The van der Waals surface area contributed by atoms with E-state index in [-0.39, 0.29) is 18.2 Å². The average molecular weight is 334 g/mol. The molecule has 2 amide bonds. The van der Waals surface area contributed by atoms with E-state index in [0.717, 1.165) is 17.7 Å². The van der Waals surface area contributed by atoms with Crippen LogP contribution in [-0.2, 0) is 0 Å². The zero-order valence-electron chi connectivity index (χ0n) is 13.3. The van der Waals surface area contributed by atoms with Crippen molar-refractivity contribution in [3.05, 3.63) is 65.7 Å². The molecule has 0 saturated carbocycles. The predicted octanol–water partition coefficient (Wildman–Crippen LogP) is 3.64. The Balaban J connectivity index is 1.97. The largest absolute Gasteiger partial charge is 0.393 e. The summed E-state index contributed by atoms with van der Waals surface area (Å²) in [6.45, 7) is 1.97. The Labute approximate surface area is 139 Å². The second kappa shape index (κ2) is 8.40. The normalized spacial score (nSPS) is 13.2. The molecule has 0 fully saturated rings. The summed E-state index contributed by atoms with van der Waals surface area (Å²) in [5.74, 6) is -1.62. The molecule has 3 N–H and O–H groups in total. The Morgan fingerprint density at radius 1 is 1.17 bits per heavy atom. The highest BCUT2D eigenvalue weighted by atomic mass is 19.1. The van der Waals surface area contributed by atoms with Crippen LogP contribution in [0.25, 0.3) is 0 Å². The highest BCUT2D eigenvalue weighted by Gasteiger charge is 2.16. The third-order valence-corrected chi connectivity index (χ3v) is 3.58. The number of aliphatic hydroxyl groups excluding tert-OH is 1. The van der Waals surface area contributed by atoms with Crippen molar-refractivity contribution in [1.29, 1.82) is 0 Å². The summed E-state index contributed by atoms with van der Waals surface area (Å²) in [7, 11) is 0. The van der Waals surface area contributed by atoms with Crippen LogP contribution in [0.15, 0.2) is 48.5 Å². The number of nitrogens with one attached hydrogen (secondary N) is 2. The third kappa shape index (κ3) is 5.31. The molecule has 0 heterocycles. The second-order valence-electron chi connectivity index (χ2n) is 5.65. The van der Waals surface area contributed by atoms with Crippen LogP contribution in [0.2, 0.25) is 0 Å². The molecular weight excluding hydrogens is 314 g/mol. The molecule has 24 heavy (non-hydrogen) atoms. The van der Waals surface area contributed by atoms with Crippen LogP contribution in [0.3, 0.4) is 0 Å². The van der Waals surface area contributed by atoms with Gasteiger partial charge in [-0.1, -0.05) is 30.3 Å². The van der Waals surface area contributed by atoms with Gasteiger partial charge in [-0.15, -0.1) is 0 Å². The third-order valence-electron chi connectivity index (χ3n) is 3.58. The first-order valence-corrected chi connectivity index (χ1v) is 7.68. The number of rotatable bonds is 6. The van der Waals surface area contributed by atoms with E-state index in [9.17, 15) is 18.7 Å². The Morgan fingerprint density at radius 2 is 1.88 bits per heavy atom. The minimum atomic E-state index is -0.839. The Morgan fingerprint density at radius 3 is 2.50 bits per heavy atom. The molecule has 0 aliphatic heterocycles. The van der Waals surface area contributed by atoms with E-state index in [2.05, 4.69) is 10.6 Å². The van der Waals surface area contributed by atoms with Crippen LogP contribution >= 0.6 is 0 Å². The second-order valence-corrected chi connectivity index (χ2v) is 5.65. The van der Waals surface area contributed by atoms with E-state index < -0.39 is 23.8 Å². The zero-order chi connectivity index (χ0) is 17.5. The van der Waals surface area contributed by atoms with Gasteiger partial charge in [0.1, 0.15) is 11.6 Å². The molecule has 2 aromatic rings. The summed E-state index contributed by atoms with van der Waals surface area (Å²) < 4.78 is 26.4. The molecule has 0 radical (unpaired) electrons. The number of hydrogen-bond donors (Lipinski definition) is 3. The van der Waals surface area contributed by atoms with Crippen LogP contribution in [-0.4, -0.2) is 23.8 Å². The first-order valence-electron chi connectivity index (χ1n) is 7.68. The SMILES string of the molecule is CC(O)CC(CNC(=O)Nc1ccc(F)cc1F)c1ccccc1. The molecule has 0 aliphatic rings. The van der Waals surface area contributed by atoms with Gasteiger partial charge in [0.25, 0.3) is 0 Å². The number of amides is 2. The fourth-order valence-electron chi connectivity index (χ4n) is 2.45. The van der Waals surface area contributed by atoms with Gasteiger partial charge in [0.15, 0.2) is 0 Å². The van der Waals surface area contributed by atoms with Crippen LogP contribution in [0, 0.1) is 11.6 Å². The van der Waals surface area contributed by atoms with E-state index in [1.54, 1.807) is 6.92 Å². The van der Waals surface area contributed by atoms with Gasteiger partial charge in [-0.05, 0) is 31.0 Å². The van der Waals surface area contributed by atoms with Gasteiger partial charge < -0.3 is 15.7 Å². The maximum atomic E-state index is 13.5. The van der Waals surface area contributed by atoms with E-state index in [4.69, 9.17) is 0 Å². The van der Waals surface area contributed by atoms with Gasteiger partial charge in [-0.3, -0.25) is 0 Å². The Hall–Kier alpha value is -2.47. The number of halogens is 2. The smallest absolute Gasteiger partial charge is 0.319 e. The number of benzene rings is 2. The highest BCUT2D eigenvalue weighted by Crippen LogP contribution is 2.20. The van der Waals surface area contributed by atoms with Gasteiger partial charge in [-0.25, -0.2) is 13.6 Å². The van der Waals surface area contributed by atoms with Crippen LogP contribution in [0.4, 0.5) is 19.3 Å². The maximum Gasteiger partial charge on any atom is 0.319 e. The summed E-state index contributed by atoms with van der Waals surface area (Å²) in [6, 6.07) is 11.9. The molecule has 6 heteroatoms. The van der Waals surface area contributed by atoms with Crippen molar-refractivity contribution >= 4 is 11.7 Å². The van der Waals surface area contributed by atoms with E-state index in [0.29, 0.717) is 12.5 Å². The molecule has 0 saturated heterocycles. The molecule has 2 aromatic carbocycles. The van der Waals surface area contributed by atoms with Crippen molar-refractivity contribution < 1.29 is 18.7 Å². The Kier molecular flexibility index (Phi) is 6.26. The van der Waals surface area contributed by atoms with Crippen molar-refractivity contribution in [2.24, 2.45) is 0 Å². The summed E-state index contributed by atoms with van der Waals surface area (Å²) in [5.41, 5.74) is 0.896. The molecule has 0 aromatic heterocycles. The van der Waals surface area contributed by atoms with Crippen LogP contribution in [0.1, 0.15) is 24.8 Å². The van der Waals surface area contributed by atoms with Crippen molar-refractivity contribution in [2.45, 2.75) is 25.4 Å². The monoisotopic (exact) mass is 334 g/mol. The first kappa shape index (κ1) is 17.9. The molecule has 0 bridgehead atoms. The molecule has 0 aliphatic carbocycles. The molecule has 128 valence electrons. The van der Waals surface area contributed by atoms with Crippen molar-refractivity contribution in [2.75, 3.05) is 11.9 Å². The first-order chi connectivity index (χ1) is 11.5. The average Bonchev–Trinajstić information content (AvgIpc) is 2.54. The number of carbonyl (C=O) groups is 1. The topological polar surface area (TPSA) is 61.4 Å². The number of carbonyl (C=O) groups excluding carboxylic acids is 1. The van der Waals surface area contributed by atoms with E-state index >= 15 is 0 Å². The molecular formula is C18H20F2N2O2. The summed E-state index contributed by atoms with van der Waals surface area (Å²) in [4.78, 5) is 11.9. The molecule has 2 unspecified atom stereocenters. The van der Waals surface area contributed by atoms with E-state index in [1.165, 1.54) is 0 Å². The summed E-state index contributed by atoms with van der Waals surface area (Å²) in [6.07, 6.45) is -0.0375. The number of hydrogen-bond acceptors (Lipinski definition) is 2. The number of anilines is 1. The minimum absolute atomic E-state index is 0.0741. The molecule has 4 nitrogen and oxygen atoms in total. The van der Waals surface area contributed by atoms with Gasteiger partial charge in [0, 0.05) is 18.5 Å². The van der Waals surface area contributed by atoms with Gasteiger partial charge in [0.05, 0.1) is 11.8 Å². The van der Waals surface area contributed by atoms with Crippen molar-refractivity contribution in [1.82, 2.24) is 5.32 Å². The standard InChI is InChI=1S/C18H20F2N2O2/c1-12(23)9-14(13-5-3-2-4-6-13)11-21-18(24)22-17-8-7-15(19)10-16(17)20/h2-8,10,12,14,23H,9,11H2,1H3,(H2,21,22,24). The molecule has 2 atom stereocenters. The van der Waals surface area contributed by atoms with Gasteiger partial charge in [-0.2, -0.15) is 0 Å². The maximum absolute atomic E-state index is 13.5.